The molecule has 0 bridgehead atoms. The molecule has 1 aliphatic carbocycles. The number of hydrogen-bond acceptors (Lipinski definition) is 4. The van der Waals surface area contributed by atoms with E-state index in [1.165, 1.54) is 25.3 Å². The van der Waals surface area contributed by atoms with E-state index < -0.39 is 0 Å². The van der Waals surface area contributed by atoms with Crippen molar-refractivity contribution < 1.29 is 9.66 Å². The number of nitro groups is 1. The second-order valence-electron chi connectivity index (χ2n) is 5.57. The number of benzene rings is 1. The smallest absolute Gasteiger partial charge is 0.275 e. The maximum Gasteiger partial charge on any atom is 0.275 e. The Hall–Kier alpha value is -1.78. The second-order valence-corrected chi connectivity index (χ2v) is 5.57. The van der Waals surface area contributed by atoms with Gasteiger partial charge in [0.2, 0.25) is 0 Å². The first-order valence-electron chi connectivity index (χ1n) is 7.24. The van der Waals surface area contributed by atoms with Crippen LogP contribution in [-0.4, -0.2) is 18.1 Å². The zero-order chi connectivity index (χ0) is 14.5. The Kier molecular flexibility index (Phi) is 4.82. The number of nitrogens with one attached hydrogen (secondary N) is 1. The molecule has 5 heteroatoms. The molecule has 2 rings (SSSR count). The lowest BCUT2D eigenvalue weighted by molar-refractivity contribution is -0.384. The average molecular weight is 278 g/mol. The van der Waals surface area contributed by atoms with Crippen molar-refractivity contribution in [3.8, 4) is 5.75 Å². The predicted molar refractivity (Wildman–Crippen MR) is 79.3 cm³/mol. The van der Waals surface area contributed by atoms with Gasteiger partial charge in [-0.25, -0.2) is 0 Å². The Morgan fingerprint density at radius 3 is 2.80 bits per heavy atom. The molecule has 20 heavy (non-hydrogen) atoms. The van der Waals surface area contributed by atoms with Crippen molar-refractivity contribution in [1.82, 2.24) is 0 Å². The van der Waals surface area contributed by atoms with E-state index in [-0.39, 0.29) is 10.6 Å². The summed E-state index contributed by atoms with van der Waals surface area (Å²) in [5.74, 6) is 2.01. The molecule has 1 fully saturated rings. The molecular formula is C15H22N2O3. The number of hydrogen-bond donors (Lipinski definition) is 1. The van der Waals surface area contributed by atoms with Crippen molar-refractivity contribution in [2.24, 2.45) is 11.8 Å². The van der Waals surface area contributed by atoms with E-state index in [1.54, 1.807) is 6.07 Å². The van der Waals surface area contributed by atoms with E-state index in [2.05, 4.69) is 12.2 Å². The zero-order valence-corrected chi connectivity index (χ0v) is 12.1. The minimum Gasteiger partial charge on any atom is -0.494 e. The van der Waals surface area contributed by atoms with E-state index in [9.17, 15) is 10.1 Å². The summed E-state index contributed by atoms with van der Waals surface area (Å²) < 4.78 is 5.38. The van der Waals surface area contributed by atoms with Gasteiger partial charge in [0, 0.05) is 24.4 Å². The van der Waals surface area contributed by atoms with E-state index in [0.29, 0.717) is 18.3 Å². The fourth-order valence-corrected chi connectivity index (χ4v) is 2.81. The third-order valence-corrected chi connectivity index (χ3v) is 3.81. The van der Waals surface area contributed by atoms with Gasteiger partial charge in [-0.3, -0.25) is 10.1 Å². The molecule has 0 saturated heterocycles. The number of rotatable bonds is 6. The van der Waals surface area contributed by atoms with Crippen molar-refractivity contribution in [1.29, 1.82) is 0 Å². The number of ether oxygens (including phenoxy) is 1. The van der Waals surface area contributed by atoms with Gasteiger partial charge in [-0.1, -0.05) is 13.3 Å². The fourth-order valence-electron chi connectivity index (χ4n) is 2.81. The topological polar surface area (TPSA) is 64.4 Å². The van der Waals surface area contributed by atoms with Gasteiger partial charge < -0.3 is 10.1 Å². The molecule has 110 valence electrons. The van der Waals surface area contributed by atoms with Crippen molar-refractivity contribution in [3.05, 3.63) is 28.3 Å². The van der Waals surface area contributed by atoms with Gasteiger partial charge in [0.25, 0.3) is 5.69 Å². The van der Waals surface area contributed by atoms with Crippen molar-refractivity contribution in [3.63, 3.8) is 0 Å². The van der Waals surface area contributed by atoms with Crippen LogP contribution in [0.1, 0.15) is 33.1 Å². The second kappa shape index (κ2) is 6.59. The number of non-ortho nitro benzene ring substituents is 1. The van der Waals surface area contributed by atoms with Gasteiger partial charge >= 0.3 is 0 Å². The van der Waals surface area contributed by atoms with Crippen LogP contribution in [0.25, 0.3) is 0 Å². The molecule has 1 N–H and O–H groups in total. The SMILES string of the molecule is CCOc1cc(NCC2CCC(C)C2)cc([N+](=O)[O-])c1. The molecule has 0 spiro atoms. The zero-order valence-electron chi connectivity index (χ0n) is 12.1. The Morgan fingerprint density at radius 1 is 1.40 bits per heavy atom. The largest absolute Gasteiger partial charge is 0.494 e. The lowest BCUT2D eigenvalue weighted by Gasteiger charge is -2.13. The van der Waals surface area contributed by atoms with E-state index in [1.807, 2.05) is 13.0 Å². The molecule has 0 aromatic heterocycles. The highest BCUT2D eigenvalue weighted by atomic mass is 16.6. The molecule has 1 aromatic carbocycles. The van der Waals surface area contributed by atoms with E-state index in [0.717, 1.165) is 18.2 Å². The standard InChI is InChI=1S/C15H22N2O3/c1-3-20-15-8-13(7-14(9-15)17(18)19)16-10-12-5-4-11(2)6-12/h7-9,11-12,16H,3-6,10H2,1-2H3. The number of nitrogens with zero attached hydrogens (tertiary/aromatic N) is 1. The average Bonchev–Trinajstić information content (AvgIpc) is 2.82. The van der Waals surface area contributed by atoms with Crippen LogP contribution >= 0.6 is 0 Å². The maximum absolute atomic E-state index is 10.9. The molecule has 1 aromatic rings. The van der Waals surface area contributed by atoms with Gasteiger partial charge in [0.05, 0.1) is 17.6 Å². The Bertz CT molecular complexity index is 476. The van der Waals surface area contributed by atoms with Crippen molar-refractivity contribution in [2.45, 2.75) is 33.1 Å². The van der Waals surface area contributed by atoms with Crippen LogP contribution in [0.15, 0.2) is 18.2 Å². The van der Waals surface area contributed by atoms with Crippen LogP contribution in [0.5, 0.6) is 5.75 Å². The Labute approximate surface area is 119 Å². The van der Waals surface area contributed by atoms with E-state index >= 15 is 0 Å². The molecule has 0 amide bonds. The summed E-state index contributed by atoms with van der Waals surface area (Å²) in [6.45, 7) is 5.52. The molecule has 2 atom stereocenters. The summed E-state index contributed by atoms with van der Waals surface area (Å²) in [7, 11) is 0. The first-order chi connectivity index (χ1) is 9.58. The van der Waals surface area contributed by atoms with Crippen molar-refractivity contribution >= 4 is 11.4 Å². The normalized spacial score (nSPS) is 21.7. The van der Waals surface area contributed by atoms with Gasteiger partial charge in [-0.05, 0) is 31.6 Å². The minimum atomic E-state index is -0.384. The lowest BCUT2D eigenvalue weighted by atomic mass is 10.1. The summed E-state index contributed by atoms with van der Waals surface area (Å²) in [4.78, 5) is 10.6. The van der Waals surface area contributed by atoms with Gasteiger partial charge in [-0.15, -0.1) is 0 Å². The maximum atomic E-state index is 10.9. The number of nitro benzene ring substituents is 1. The Morgan fingerprint density at radius 2 is 2.20 bits per heavy atom. The van der Waals surface area contributed by atoms with Gasteiger partial charge in [0.1, 0.15) is 5.75 Å². The van der Waals surface area contributed by atoms with Crippen LogP contribution in [0.4, 0.5) is 11.4 Å². The molecule has 1 saturated carbocycles. The molecular weight excluding hydrogens is 256 g/mol. The summed E-state index contributed by atoms with van der Waals surface area (Å²) in [5.41, 5.74) is 0.834. The van der Waals surface area contributed by atoms with Crippen molar-refractivity contribution in [2.75, 3.05) is 18.5 Å². The summed E-state index contributed by atoms with van der Waals surface area (Å²) >= 11 is 0. The van der Waals surface area contributed by atoms with Crippen LogP contribution in [0, 0.1) is 22.0 Å². The summed E-state index contributed by atoms with van der Waals surface area (Å²) in [5, 5.41) is 14.3. The summed E-state index contributed by atoms with van der Waals surface area (Å²) in [6, 6.07) is 4.86. The molecule has 5 nitrogen and oxygen atoms in total. The highest BCUT2D eigenvalue weighted by Gasteiger charge is 2.21. The van der Waals surface area contributed by atoms with E-state index in [4.69, 9.17) is 4.74 Å². The van der Waals surface area contributed by atoms with Crippen LogP contribution in [0.2, 0.25) is 0 Å². The minimum absolute atomic E-state index is 0.0678. The van der Waals surface area contributed by atoms with Gasteiger partial charge in [0.15, 0.2) is 0 Å². The molecule has 0 radical (unpaired) electrons. The molecule has 0 heterocycles. The highest BCUT2D eigenvalue weighted by Crippen LogP contribution is 2.31. The molecule has 0 aliphatic heterocycles. The third-order valence-electron chi connectivity index (χ3n) is 3.81. The third kappa shape index (κ3) is 3.85. The van der Waals surface area contributed by atoms with Gasteiger partial charge in [-0.2, -0.15) is 0 Å². The lowest BCUT2D eigenvalue weighted by Crippen LogP contribution is -2.11. The fraction of sp³-hybridized carbons (Fsp3) is 0.600. The monoisotopic (exact) mass is 278 g/mol. The quantitative estimate of drug-likeness (QED) is 0.634. The van der Waals surface area contributed by atoms with Crippen LogP contribution < -0.4 is 10.1 Å². The van der Waals surface area contributed by atoms with Crippen LogP contribution in [0.3, 0.4) is 0 Å². The molecule has 1 aliphatic rings. The summed E-state index contributed by atoms with van der Waals surface area (Å²) in [6.07, 6.45) is 3.76. The van der Waals surface area contributed by atoms with Crippen LogP contribution in [-0.2, 0) is 0 Å². The Balaban J connectivity index is 2.03. The first-order valence-corrected chi connectivity index (χ1v) is 7.24. The predicted octanol–water partition coefficient (Wildman–Crippen LogP) is 3.84. The first kappa shape index (κ1) is 14.6. The number of anilines is 1. The highest BCUT2D eigenvalue weighted by molar-refractivity contribution is 5.56. The molecule has 2 unspecified atom stereocenters.